The highest BCUT2D eigenvalue weighted by atomic mass is 15.0. The molecule has 0 spiro atoms. The van der Waals surface area contributed by atoms with Gasteiger partial charge in [-0.15, -0.1) is 0 Å². The number of pyridine rings is 1. The largest absolute Gasteiger partial charge is 0.261 e. The predicted molar refractivity (Wildman–Crippen MR) is 210 cm³/mol. The van der Waals surface area contributed by atoms with Crippen molar-refractivity contribution >= 4 is 21.5 Å². The minimum Gasteiger partial charge on any atom is -0.261 e. The third-order valence-electron chi connectivity index (χ3n) is 9.41. The van der Waals surface area contributed by atoms with Gasteiger partial charge in [0.2, 0.25) is 0 Å². The Labute approximate surface area is 296 Å². The van der Waals surface area contributed by atoms with E-state index in [0.29, 0.717) is 17.5 Å². The lowest BCUT2D eigenvalue weighted by Gasteiger charge is -2.16. The smallest absolute Gasteiger partial charge is 0.164 e. The molecule has 4 heteroatoms. The normalized spacial score (nSPS) is 11.2. The first-order valence-electron chi connectivity index (χ1n) is 17.1. The Hall–Kier alpha value is -6.78. The van der Waals surface area contributed by atoms with E-state index in [-0.39, 0.29) is 0 Å². The Balaban J connectivity index is 1.29. The molecular formula is C47H32N4. The SMILES string of the molecule is Cc1ccc(-c2ccc(-c3cc(-c4nc(-c5ccccc5)nc(-c5ccccc5)n4)cc(-c4c5ccccc5cc5ccccc45)c3)cc2)cn1. The van der Waals surface area contributed by atoms with Gasteiger partial charge < -0.3 is 0 Å². The summed E-state index contributed by atoms with van der Waals surface area (Å²) in [4.78, 5) is 19.7. The molecule has 7 aromatic carbocycles. The monoisotopic (exact) mass is 652 g/mol. The number of benzene rings is 7. The molecule has 0 amide bonds. The molecule has 0 radical (unpaired) electrons. The van der Waals surface area contributed by atoms with Crippen molar-refractivity contribution in [2.24, 2.45) is 0 Å². The topological polar surface area (TPSA) is 51.6 Å². The van der Waals surface area contributed by atoms with Gasteiger partial charge >= 0.3 is 0 Å². The van der Waals surface area contributed by atoms with Crippen LogP contribution >= 0.6 is 0 Å². The fraction of sp³-hybridized carbons (Fsp3) is 0.0213. The average molecular weight is 653 g/mol. The van der Waals surface area contributed by atoms with Crippen LogP contribution in [0.2, 0.25) is 0 Å². The molecule has 9 rings (SSSR count). The lowest BCUT2D eigenvalue weighted by atomic mass is 9.89. The molecule has 0 aliphatic heterocycles. The van der Waals surface area contributed by atoms with E-state index in [2.05, 4.69) is 114 Å². The molecule has 4 nitrogen and oxygen atoms in total. The maximum atomic E-state index is 5.13. The summed E-state index contributed by atoms with van der Waals surface area (Å²) < 4.78 is 0. The zero-order chi connectivity index (χ0) is 34.1. The number of aromatic nitrogens is 4. The van der Waals surface area contributed by atoms with Crippen molar-refractivity contribution in [1.82, 2.24) is 19.9 Å². The maximum absolute atomic E-state index is 5.13. The highest BCUT2D eigenvalue weighted by molar-refractivity contribution is 6.13. The molecule has 0 atom stereocenters. The van der Waals surface area contributed by atoms with Gasteiger partial charge in [-0.05, 0) is 86.6 Å². The second-order valence-electron chi connectivity index (χ2n) is 12.8. The lowest BCUT2D eigenvalue weighted by molar-refractivity contribution is 1.07. The van der Waals surface area contributed by atoms with Crippen molar-refractivity contribution in [3.05, 3.63) is 182 Å². The first-order valence-corrected chi connectivity index (χ1v) is 17.1. The molecule has 0 aliphatic carbocycles. The van der Waals surface area contributed by atoms with E-state index in [1.165, 1.54) is 27.1 Å². The number of fused-ring (bicyclic) bond motifs is 2. The fourth-order valence-electron chi connectivity index (χ4n) is 6.82. The standard InChI is InChI=1S/C47H32N4/c1-31-20-21-38(30-48-31)32-22-24-33(25-23-32)39-27-40(44-42-18-10-8-16-36(42)26-37-17-9-11-19-43(37)44)29-41(28-39)47-50-45(34-12-4-2-5-13-34)49-46(51-47)35-14-6-3-7-15-35/h2-30H,1H3. The van der Waals surface area contributed by atoms with E-state index in [9.17, 15) is 0 Å². The van der Waals surface area contributed by atoms with E-state index >= 15 is 0 Å². The highest BCUT2D eigenvalue weighted by Gasteiger charge is 2.17. The molecule has 240 valence electrons. The van der Waals surface area contributed by atoms with Crippen LogP contribution in [0.4, 0.5) is 0 Å². The van der Waals surface area contributed by atoms with Gasteiger partial charge in [-0.25, -0.2) is 15.0 Å². The molecule has 0 saturated heterocycles. The van der Waals surface area contributed by atoms with Crippen LogP contribution in [-0.2, 0) is 0 Å². The Kier molecular flexibility index (Phi) is 7.67. The molecule has 2 heterocycles. The third-order valence-corrected chi connectivity index (χ3v) is 9.41. The predicted octanol–water partition coefficient (Wildman–Crippen LogP) is 11.9. The van der Waals surface area contributed by atoms with E-state index < -0.39 is 0 Å². The first kappa shape index (κ1) is 30.3. The summed E-state index contributed by atoms with van der Waals surface area (Å²) in [5.41, 5.74) is 10.5. The average Bonchev–Trinajstić information content (AvgIpc) is 3.20. The first-order chi connectivity index (χ1) is 25.2. The van der Waals surface area contributed by atoms with E-state index in [0.717, 1.165) is 50.2 Å². The lowest BCUT2D eigenvalue weighted by Crippen LogP contribution is -2.00. The number of rotatable bonds is 6. The van der Waals surface area contributed by atoms with Crippen molar-refractivity contribution < 1.29 is 0 Å². The Bertz CT molecular complexity index is 2560. The zero-order valence-electron chi connectivity index (χ0n) is 28.0. The quantitative estimate of drug-likeness (QED) is 0.168. The fourth-order valence-corrected chi connectivity index (χ4v) is 6.82. The van der Waals surface area contributed by atoms with Crippen LogP contribution in [0.1, 0.15) is 5.69 Å². The molecule has 0 fully saturated rings. The minimum atomic E-state index is 0.623. The van der Waals surface area contributed by atoms with Gasteiger partial charge in [0, 0.05) is 34.1 Å². The van der Waals surface area contributed by atoms with Gasteiger partial charge in [-0.2, -0.15) is 0 Å². The van der Waals surface area contributed by atoms with E-state index in [4.69, 9.17) is 15.0 Å². The second kappa shape index (κ2) is 12.9. The van der Waals surface area contributed by atoms with Crippen LogP contribution in [0, 0.1) is 6.92 Å². The van der Waals surface area contributed by atoms with E-state index in [1.54, 1.807) is 0 Å². The van der Waals surface area contributed by atoms with Gasteiger partial charge in [-0.1, -0.05) is 140 Å². The van der Waals surface area contributed by atoms with Crippen molar-refractivity contribution in [3.63, 3.8) is 0 Å². The van der Waals surface area contributed by atoms with Gasteiger partial charge in [0.15, 0.2) is 17.5 Å². The van der Waals surface area contributed by atoms with Crippen LogP contribution in [0.5, 0.6) is 0 Å². The molecule has 0 N–H and O–H groups in total. The van der Waals surface area contributed by atoms with Crippen LogP contribution in [0.15, 0.2) is 176 Å². The Morgan fingerprint density at radius 3 is 1.33 bits per heavy atom. The maximum Gasteiger partial charge on any atom is 0.164 e. The summed E-state index contributed by atoms with van der Waals surface area (Å²) in [5, 5.41) is 4.80. The second-order valence-corrected chi connectivity index (χ2v) is 12.8. The third kappa shape index (κ3) is 5.94. The summed E-state index contributed by atoms with van der Waals surface area (Å²) in [6.07, 6.45) is 1.93. The van der Waals surface area contributed by atoms with Crippen molar-refractivity contribution in [1.29, 1.82) is 0 Å². The van der Waals surface area contributed by atoms with E-state index in [1.807, 2.05) is 73.8 Å². The molecule has 0 unspecified atom stereocenters. The van der Waals surface area contributed by atoms with Crippen molar-refractivity contribution in [2.45, 2.75) is 6.92 Å². The van der Waals surface area contributed by atoms with Gasteiger partial charge in [-0.3, -0.25) is 4.98 Å². The number of hydrogen-bond donors (Lipinski definition) is 0. The Morgan fingerprint density at radius 1 is 0.333 bits per heavy atom. The summed E-state index contributed by atoms with van der Waals surface area (Å²) in [6.45, 7) is 2.01. The molecule has 0 bridgehead atoms. The van der Waals surface area contributed by atoms with Crippen molar-refractivity contribution in [3.8, 4) is 67.5 Å². The molecular weight excluding hydrogens is 621 g/mol. The van der Waals surface area contributed by atoms with Gasteiger partial charge in [0.1, 0.15) is 0 Å². The number of aryl methyl sites for hydroxylation is 1. The van der Waals surface area contributed by atoms with Gasteiger partial charge in [0.05, 0.1) is 0 Å². The summed E-state index contributed by atoms with van der Waals surface area (Å²) in [5.74, 6) is 1.90. The number of hydrogen-bond acceptors (Lipinski definition) is 4. The molecule has 2 aromatic heterocycles. The summed E-state index contributed by atoms with van der Waals surface area (Å²) in [6, 6.07) is 59.5. The minimum absolute atomic E-state index is 0.623. The molecule has 0 aliphatic rings. The highest BCUT2D eigenvalue weighted by Crippen LogP contribution is 2.40. The van der Waals surface area contributed by atoms with Crippen LogP contribution in [0.3, 0.4) is 0 Å². The Morgan fingerprint density at radius 2 is 0.784 bits per heavy atom. The van der Waals surface area contributed by atoms with Crippen LogP contribution < -0.4 is 0 Å². The van der Waals surface area contributed by atoms with Crippen LogP contribution in [-0.4, -0.2) is 19.9 Å². The molecule has 51 heavy (non-hydrogen) atoms. The molecule has 0 saturated carbocycles. The number of nitrogens with zero attached hydrogens (tertiary/aromatic N) is 4. The van der Waals surface area contributed by atoms with Crippen molar-refractivity contribution in [2.75, 3.05) is 0 Å². The molecule has 9 aromatic rings. The van der Waals surface area contributed by atoms with Crippen LogP contribution in [0.25, 0.3) is 89.1 Å². The summed E-state index contributed by atoms with van der Waals surface area (Å²) in [7, 11) is 0. The summed E-state index contributed by atoms with van der Waals surface area (Å²) >= 11 is 0. The van der Waals surface area contributed by atoms with Gasteiger partial charge in [0.25, 0.3) is 0 Å². The zero-order valence-corrected chi connectivity index (χ0v) is 28.0.